The number of nitrogens with two attached hydrogens (primary N) is 2. The van der Waals surface area contributed by atoms with Crippen LogP contribution in [0.1, 0.15) is 37.5 Å². The lowest BCUT2D eigenvalue weighted by molar-refractivity contribution is 0.306. The minimum atomic E-state index is 0.0494. The van der Waals surface area contributed by atoms with Crippen molar-refractivity contribution >= 4 is 11.4 Å². The highest BCUT2D eigenvalue weighted by Crippen LogP contribution is 2.53. The van der Waals surface area contributed by atoms with Gasteiger partial charge in [-0.1, -0.05) is 39.0 Å². The smallest absolute Gasteiger partial charge is 0.0317 e. The molecule has 0 amide bonds. The third-order valence-corrected chi connectivity index (χ3v) is 5.28. The zero-order valence-corrected chi connectivity index (χ0v) is 12.4. The van der Waals surface area contributed by atoms with Crippen LogP contribution in [0.5, 0.6) is 0 Å². The van der Waals surface area contributed by atoms with Gasteiger partial charge in [0, 0.05) is 16.8 Å². The van der Waals surface area contributed by atoms with Crippen LogP contribution >= 0.6 is 0 Å². The number of nitrogen functional groups attached to an aromatic ring is 2. The third-order valence-electron chi connectivity index (χ3n) is 5.28. The number of benzene rings is 2. The Balaban J connectivity index is 2.15. The Morgan fingerprint density at radius 1 is 0.850 bits per heavy atom. The van der Waals surface area contributed by atoms with E-state index in [0.717, 1.165) is 17.8 Å². The van der Waals surface area contributed by atoms with Crippen LogP contribution in [0.25, 0.3) is 0 Å². The zero-order valence-electron chi connectivity index (χ0n) is 12.4. The molecule has 0 bridgehead atoms. The van der Waals surface area contributed by atoms with Gasteiger partial charge < -0.3 is 11.5 Å². The molecule has 0 heterocycles. The highest BCUT2D eigenvalue weighted by Gasteiger charge is 2.49. The molecule has 1 unspecified atom stereocenters. The molecule has 3 rings (SSSR count). The second-order valence-electron chi connectivity index (χ2n) is 6.67. The number of rotatable bonds is 1. The average molecular weight is 266 g/mol. The molecule has 2 aromatic carbocycles. The van der Waals surface area contributed by atoms with Crippen LogP contribution in [0, 0.1) is 0 Å². The molecule has 0 aromatic heterocycles. The lowest BCUT2D eigenvalue weighted by Crippen LogP contribution is -2.39. The molecule has 0 spiro atoms. The van der Waals surface area contributed by atoms with Gasteiger partial charge in [-0.2, -0.15) is 0 Å². The summed E-state index contributed by atoms with van der Waals surface area (Å²) in [5.41, 5.74) is 17.7. The van der Waals surface area contributed by atoms with Gasteiger partial charge in [0.05, 0.1) is 0 Å². The standard InChI is InChI=1S/C18H22N2/c1-17(2)16-10-15(20)7-4-12(16)11-18(17,3)13-5-8-14(19)9-6-13/h4-10H,11,19-20H2,1-3H3. The summed E-state index contributed by atoms with van der Waals surface area (Å²) in [5, 5.41) is 0. The highest BCUT2D eigenvalue weighted by molar-refractivity contribution is 5.56. The van der Waals surface area contributed by atoms with Gasteiger partial charge in [-0.15, -0.1) is 0 Å². The van der Waals surface area contributed by atoms with Gasteiger partial charge in [-0.05, 0) is 52.8 Å². The number of anilines is 2. The van der Waals surface area contributed by atoms with Gasteiger partial charge in [-0.25, -0.2) is 0 Å². The molecule has 4 N–H and O–H groups in total. The van der Waals surface area contributed by atoms with Crippen molar-refractivity contribution < 1.29 is 0 Å². The van der Waals surface area contributed by atoms with Crippen molar-refractivity contribution in [1.29, 1.82) is 0 Å². The molecule has 104 valence electrons. The van der Waals surface area contributed by atoms with Gasteiger partial charge >= 0.3 is 0 Å². The van der Waals surface area contributed by atoms with E-state index in [4.69, 9.17) is 11.5 Å². The molecule has 1 aliphatic rings. The minimum Gasteiger partial charge on any atom is -0.399 e. The van der Waals surface area contributed by atoms with Gasteiger partial charge in [0.1, 0.15) is 0 Å². The Labute approximate surface area is 120 Å². The maximum Gasteiger partial charge on any atom is 0.0317 e. The van der Waals surface area contributed by atoms with E-state index in [2.05, 4.69) is 45.0 Å². The molecular weight excluding hydrogens is 244 g/mol. The number of hydrogen-bond acceptors (Lipinski definition) is 2. The topological polar surface area (TPSA) is 52.0 Å². The molecule has 0 saturated heterocycles. The molecular formula is C18H22N2. The minimum absolute atomic E-state index is 0.0494. The Hall–Kier alpha value is -1.96. The second-order valence-corrected chi connectivity index (χ2v) is 6.67. The van der Waals surface area contributed by atoms with Crippen molar-refractivity contribution in [3.63, 3.8) is 0 Å². The first-order valence-electron chi connectivity index (χ1n) is 7.09. The summed E-state index contributed by atoms with van der Waals surface area (Å²) >= 11 is 0. The van der Waals surface area contributed by atoms with E-state index >= 15 is 0 Å². The quantitative estimate of drug-likeness (QED) is 0.774. The van der Waals surface area contributed by atoms with E-state index in [0.29, 0.717) is 0 Å². The Kier molecular flexibility index (Phi) is 2.62. The molecule has 0 aliphatic heterocycles. The van der Waals surface area contributed by atoms with Crippen molar-refractivity contribution in [1.82, 2.24) is 0 Å². The van der Waals surface area contributed by atoms with Gasteiger partial charge in [0.25, 0.3) is 0 Å². The van der Waals surface area contributed by atoms with Crippen LogP contribution in [0.15, 0.2) is 42.5 Å². The predicted octanol–water partition coefficient (Wildman–Crippen LogP) is 3.64. The van der Waals surface area contributed by atoms with Crippen molar-refractivity contribution in [3.8, 4) is 0 Å². The van der Waals surface area contributed by atoms with Gasteiger partial charge in [0.15, 0.2) is 0 Å². The fourth-order valence-electron chi connectivity index (χ4n) is 3.54. The summed E-state index contributed by atoms with van der Waals surface area (Å²) < 4.78 is 0. The lowest BCUT2D eigenvalue weighted by Gasteiger charge is -2.40. The Morgan fingerprint density at radius 3 is 2.10 bits per heavy atom. The van der Waals surface area contributed by atoms with Gasteiger partial charge in [-0.3, -0.25) is 0 Å². The molecule has 2 heteroatoms. The summed E-state index contributed by atoms with van der Waals surface area (Å²) in [5.74, 6) is 0. The Bertz CT molecular complexity index is 656. The molecule has 20 heavy (non-hydrogen) atoms. The summed E-state index contributed by atoms with van der Waals surface area (Å²) in [7, 11) is 0. The van der Waals surface area contributed by atoms with Crippen LogP contribution in [0.2, 0.25) is 0 Å². The van der Waals surface area contributed by atoms with Gasteiger partial charge in [0.2, 0.25) is 0 Å². The predicted molar refractivity (Wildman–Crippen MR) is 85.8 cm³/mol. The van der Waals surface area contributed by atoms with Crippen LogP contribution in [-0.4, -0.2) is 0 Å². The molecule has 2 nitrogen and oxygen atoms in total. The summed E-state index contributed by atoms with van der Waals surface area (Å²) in [6.07, 6.45) is 1.04. The van der Waals surface area contributed by atoms with Crippen LogP contribution in [0.3, 0.4) is 0 Å². The first kappa shape index (κ1) is 13.0. The summed E-state index contributed by atoms with van der Waals surface area (Å²) in [6.45, 7) is 6.97. The number of hydrogen-bond donors (Lipinski definition) is 2. The van der Waals surface area contributed by atoms with E-state index in [1.807, 2.05) is 18.2 Å². The molecule has 1 atom stereocenters. The summed E-state index contributed by atoms with van der Waals surface area (Å²) in [4.78, 5) is 0. The highest BCUT2D eigenvalue weighted by atomic mass is 14.6. The largest absolute Gasteiger partial charge is 0.399 e. The van der Waals surface area contributed by atoms with E-state index in [1.54, 1.807) is 0 Å². The van der Waals surface area contributed by atoms with E-state index < -0.39 is 0 Å². The van der Waals surface area contributed by atoms with Crippen molar-refractivity contribution in [2.24, 2.45) is 0 Å². The molecule has 0 saturated carbocycles. The molecule has 2 aromatic rings. The fourth-order valence-corrected chi connectivity index (χ4v) is 3.54. The zero-order chi connectivity index (χ0) is 14.5. The van der Waals surface area contributed by atoms with E-state index in [-0.39, 0.29) is 10.8 Å². The third kappa shape index (κ3) is 1.64. The molecule has 1 aliphatic carbocycles. The van der Waals surface area contributed by atoms with Crippen molar-refractivity contribution in [2.45, 2.75) is 38.0 Å². The maximum absolute atomic E-state index is 5.98. The molecule has 0 radical (unpaired) electrons. The number of fused-ring (bicyclic) bond motifs is 1. The Morgan fingerprint density at radius 2 is 1.45 bits per heavy atom. The normalized spacial score (nSPS) is 23.6. The van der Waals surface area contributed by atoms with Crippen LogP contribution in [0.4, 0.5) is 11.4 Å². The van der Waals surface area contributed by atoms with E-state index in [9.17, 15) is 0 Å². The SMILES string of the molecule is CC1(C)c2cc(N)ccc2CC1(C)c1ccc(N)cc1. The van der Waals surface area contributed by atoms with E-state index in [1.165, 1.54) is 16.7 Å². The maximum atomic E-state index is 5.98. The summed E-state index contributed by atoms with van der Waals surface area (Å²) in [6, 6.07) is 14.6. The first-order chi connectivity index (χ1) is 9.34. The second kappa shape index (κ2) is 4.02. The lowest BCUT2D eigenvalue weighted by atomic mass is 9.63. The van der Waals surface area contributed by atoms with Crippen molar-refractivity contribution in [2.75, 3.05) is 11.5 Å². The van der Waals surface area contributed by atoms with Crippen LogP contribution in [-0.2, 0) is 17.3 Å². The monoisotopic (exact) mass is 266 g/mol. The average Bonchev–Trinajstić information content (AvgIpc) is 2.60. The fraction of sp³-hybridized carbons (Fsp3) is 0.333. The van der Waals surface area contributed by atoms with Crippen LogP contribution < -0.4 is 11.5 Å². The first-order valence-corrected chi connectivity index (χ1v) is 7.09. The molecule has 0 fully saturated rings. The van der Waals surface area contributed by atoms with Crippen molar-refractivity contribution in [3.05, 3.63) is 59.2 Å².